The number of rotatable bonds is 4. The normalized spacial score (nSPS) is 10.7. The molecular formula is C19H12F2N4O2. The molecule has 4 aromatic rings. The Morgan fingerprint density at radius 2 is 1.93 bits per heavy atom. The number of nitrogens with one attached hydrogen (secondary N) is 2. The lowest BCUT2D eigenvalue weighted by atomic mass is 10.0. The van der Waals surface area contributed by atoms with E-state index in [2.05, 4.69) is 20.3 Å². The minimum absolute atomic E-state index is 0.0422. The molecule has 0 saturated carbocycles. The number of nitrogens with zero attached hydrogens (tertiary/aromatic N) is 2. The predicted octanol–water partition coefficient (Wildman–Crippen LogP) is 4.26. The van der Waals surface area contributed by atoms with E-state index in [1.165, 1.54) is 37.0 Å². The summed E-state index contributed by atoms with van der Waals surface area (Å²) in [6, 6.07) is 8.74. The highest BCUT2D eigenvalue weighted by atomic mass is 19.1. The Bertz CT molecular complexity index is 1090. The third-order valence-corrected chi connectivity index (χ3v) is 3.91. The van der Waals surface area contributed by atoms with Gasteiger partial charge in [-0.25, -0.2) is 13.8 Å². The van der Waals surface area contributed by atoms with E-state index in [1.54, 1.807) is 18.2 Å². The predicted molar refractivity (Wildman–Crippen MR) is 93.8 cm³/mol. The second-order valence-electron chi connectivity index (χ2n) is 5.61. The van der Waals surface area contributed by atoms with Crippen molar-refractivity contribution in [3.05, 3.63) is 78.8 Å². The standard InChI is InChI=1S/C19H12F2N4O2/c20-12-5-3-11(4-6-12)16-18(24-10-23-16)13-8-22-9-14(21)17(13)25-19(26)15-2-1-7-27-15/h1-10H,(H,23,24)(H,22,25,26). The molecule has 3 aromatic heterocycles. The molecule has 0 unspecified atom stereocenters. The maximum absolute atomic E-state index is 14.4. The molecule has 8 heteroatoms. The van der Waals surface area contributed by atoms with Crippen LogP contribution in [0.2, 0.25) is 0 Å². The van der Waals surface area contributed by atoms with E-state index in [9.17, 15) is 13.6 Å². The number of hydrogen-bond donors (Lipinski definition) is 2. The number of imidazole rings is 1. The van der Waals surface area contributed by atoms with Gasteiger partial charge < -0.3 is 14.7 Å². The van der Waals surface area contributed by atoms with E-state index in [4.69, 9.17) is 4.42 Å². The second kappa shape index (κ2) is 6.83. The number of pyridine rings is 1. The Labute approximate surface area is 151 Å². The number of hydrogen-bond acceptors (Lipinski definition) is 4. The van der Waals surface area contributed by atoms with Crippen molar-refractivity contribution < 1.29 is 18.0 Å². The molecule has 0 aliphatic carbocycles. The van der Waals surface area contributed by atoms with Gasteiger partial charge in [-0.1, -0.05) is 0 Å². The molecule has 0 aliphatic rings. The molecule has 0 radical (unpaired) electrons. The van der Waals surface area contributed by atoms with Gasteiger partial charge in [0.2, 0.25) is 0 Å². The van der Waals surface area contributed by atoms with Crippen molar-refractivity contribution in [3.8, 4) is 22.5 Å². The van der Waals surface area contributed by atoms with Crippen LogP contribution in [0.25, 0.3) is 22.5 Å². The number of amides is 1. The van der Waals surface area contributed by atoms with E-state index >= 15 is 0 Å². The van der Waals surface area contributed by atoms with Gasteiger partial charge in [0.05, 0.1) is 35.9 Å². The first-order valence-electron chi connectivity index (χ1n) is 7.91. The number of benzene rings is 1. The molecular weight excluding hydrogens is 354 g/mol. The van der Waals surface area contributed by atoms with Crippen LogP contribution in [0.15, 0.2) is 65.8 Å². The largest absolute Gasteiger partial charge is 0.459 e. The Morgan fingerprint density at radius 3 is 2.67 bits per heavy atom. The molecule has 134 valence electrons. The third-order valence-electron chi connectivity index (χ3n) is 3.91. The zero-order valence-electron chi connectivity index (χ0n) is 13.7. The van der Waals surface area contributed by atoms with E-state index in [0.29, 0.717) is 22.5 Å². The fourth-order valence-corrected chi connectivity index (χ4v) is 2.66. The Kier molecular flexibility index (Phi) is 4.21. The summed E-state index contributed by atoms with van der Waals surface area (Å²) in [5, 5.41) is 2.50. The number of halogens is 2. The minimum atomic E-state index is -0.716. The van der Waals surface area contributed by atoms with Crippen molar-refractivity contribution in [3.63, 3.8) is 0 Å². The monoisotopic (exact) mass is 366 g/mol. The highest BCUT2D eigenvalue weighted by molar-refractivity contribution is 6.04. The molecule has 0 spiro atoms. The Morgan fingerprint density at radius 1 is 1.11 bits per heavy atom. The van der Waals surface area contributed by atoms with Crippen LogP contribution in [0.4, 0.5) is 14.5 Å². The lowest BCUT2D eigenvalue weighted by Crippen LogP contribution is -2.13. The van der Waals surface area contributed by atoms with Gasteiger partial charge in [-0.2, -0.15) is 0 Å². The molecule has 27 heavy (non-hydrogen) atoms. The van der Waals surface area contributed by atoms with Crippen molar-refractivity contribution in [1.82, 2.24) is 15.0 Å². The lowest BCUT2D eigenvalue weighted by Gasteiger charge is -2.11. The van der Waals surface area contributed by atoms with E-state index < -0.39 is 11.7 Å². The summed E-state index contributed by atoms with van der Waals surface area (Å²) in [6.45, 7) is 0. The van der Waals surface area contributed by atoms with Crippen molar-refractivity contribution in [1.29, 1.82) is 0 Å². The molecule has 1 amide bonds. The van der Waals surface area contributed by atoms with Crippen LogP contribution >= 0.6 is 0 Å². The van der Waals surface area contributed by atoms with Crippen molar-refractivity contribution in [2.45, 2.75) is 0 Å². The molecule has 2 N–H and O–H groups in total. The summed E-state index contributed by atoms with van der Waals surface area (Å²) >= 11 is 0. The summed E-state index contributed by atoms with van der Waals surface area (Å²) < 4.78 is 32.7. The number of carbonyl (C=O) groups is 1. The average molecular weight is 366 g/mol. The molecule has 6 nitrogen and oxygen atoms in total. The van der Waals surface area contributed by atoms with Crippen LogP contribution in [0.5, 0.6) is 0 Å². The van der Waals surface area contributed by atoms with Gasteiger partial charge in [0.25, 0.3) is 5.91 Å². The zero-order chi connectivity index (χ0) is 18.8. The van der Waals surface area contributed by atoms with Gasteiger partial charge >= 0.3 is 0 Å². The zero-order valence-corrected chi connectivity index (χ0v) is 13.7. The smallest absolute Gasteiger partial charge is 0.291 e. The third kappa shape index (κ3) is 3.20. The first-order chi connectivity index (χ1) is 13.1. The lowest BCUT2D eigenvalue weighted by molar-refractivity contribution is 0.0996. The van der Waals surface area contributed by atoms with Crippen molar-refractivity contribution >= 4 is 11.6 Å². The molecule has 1 aromatic carbocycles. The van der Waals surface area contributed by atoms with Crippen molar-refractivity contribution in [2.75, 3.05) is 5.32 Å². The first kappa shape index (κ1) is 16.6. The maximum Gasteiger partial charge on any atom is 0.291 e. The van der Waals surface area contributed by atoms with Crippen LogP contribution < -0.4 is 5.32 Å². The van der Waals surface area contributed by atoms with Gasteiger partial charge in [-0.05, 0) is 36.4 Å². The van der Waals surface area contributed by atoms with Gasteiger partial charge in [-0.3, -0.25) is 9.78 Å². The second-order valence-corrected chi connectivity index (χ2v) is 5.61. The molecule has 0 saturated heterocycles. The first-order valence-corrected chi connectivity index (χ1v) is 7.91. The van der Waals surface area contributed by atoms with Crippen LogP contribution in [-0.4, -0.2) is 20.9 Å². The maximum atomic E-state index is 14.4. The van der Waals surface area contributed by atoms with Gasteiger partial charge in [0.1, 0.15) is 5.82 Å². The number of H-pyrrole nitrogens is 1. The van der Waals surface area contributed by atoms with E-state index in [1.807, 2.05) is 0 Å². The van der Waals surface area contributed by atoms with Crippen LogP contribution in [0.1, 0.15) is 10.6 Å². The van der Waals surface area contributed by atoms with Crippen LogP contribution in [0.3, 0.4) is 0 Å². The molecule has 0 bridgehead atoms. The molecule has 0 atom stereocenters. The number of anilines is 1. The molecule has 3 heterocycles. The number of furan rings is 1. The number of carbonyl (C=O) groups excluding carboxylic acids is 1. The van der Waals surface area contributed by atoms with Crippen LogP contribution in [0, 0.1) is 11.6 Å². The summed E-state index contributed by atoms with van der Waals surface area (Å²) in [5.74, 6) is -1.66. The topological polar surface area (TPSA) is 83.8 Å². The van der Waals surface area contributed by atoms with Gasteiger partial charge in [-0.15, -0.1) is 0 Å². The van der Waals surface area contributed by atoms with Gasteiger partial charge in [0, 0.05) is 17.3 Å². The Balaban J connectivity index is 1.77. The summed E-state index contributed by atoms with van der Waals surface area (Å²) in [6.07, 6.45) is 5.17. The molecule has 0 aliphatic heterocycles. The highest BCUT2D eigenvalue weighted by Crippen LogP contribution is 2.34. The minimum Gasteiger partial charge on any atom is -0.459 e. The van der Waals surface area contributed by atoms with E-state index in [-0.39, 0.29) is 17.3 Å². The average Bonchev–Trinajstić information content (AvgIpc) is 3.36. The summed E-state index contributed by atoms with van der Waals surface area (Å²) in [7, 11) is 0. The van der Waals surface area contributed by atoms with E-state index in [0.717, 1.165) is 6.20 Å². The van der Waals surface area contributed by atoms with Gasteiger partial charge in [0.15, 0.2) is 11.6 Å². The number of aromatic amines is 1. The fraction of sp³-hybridized carbons (Fsp3) is 0. The summed E-state index contributed by atoms with van der Waals surface area (Å²) in [5.41, 5.74) is 1.75. The Hall–Kier alpha value is -3.81. The SMILES string of the molecule is O=C(Nc1c(F)cncc1-c1[nH]cnc1-c1ccc(F)cc1)c1ccco1. The number of aromatic nitrogens is 3. The van der Waals surface area contributed by atoms with Crippen LogP contribution in [-0.2, 0) is 0 Å². The fourth-order valence-electron chi connectivity index (χ4n) is 2.66. The molecule has 0 fully saturated rings. The highest BCUT2D eigenvalue weighted by Gasteiger charge is 2.20. The summed E-state index contributed by atoms with van der Waals surface area (Å²) in [4.78, 5) is 23.3. The van der Waals surface area contributed by atoms with Crippen molar-refractivity contribution in [2.24, 2.45) is 0 Å². The quantitative estimate of drug-likeness (QED) is 0.565. The molecule has 4 rings (SSSR count).